The van der Waals surface area contributed by atoms with Gasteiger partial charge in [-0.25, -0.2) is 4.98 Å². The molecule has 0 saturated carbocycles. The van der Waals surface area contributed by atoms with Gasteiger partial charge in [0.25, 0.3) is 0 Å². The van der Waals surface area contributed by atoms with Crippen LogP contribution in [0.4, 0.5) is 22.7 Å². The van der Waals surface area contributed by atoms with E-state index in [2.05, 4.69) is 138 Å². The predicted molar refractivity (Wildman–Crippen MR) is 170 cm³/mol. The maximum Gasteiger partial charge on any atom is 0.127 e. The van der Waals surface area contributed by atoms with Crippen molar-refractivity contribution in [3.8, 4) is 10.6 Å². The average Bonchev–Trinajstić information content (AvgIpc) is 3.51. The number of anilines is 4. The Morgan fingerprint density at radius 1 is 0.865 bits per heavy atom. The highest BCUT2D eigenvalue weighted by Crippen LogP contribution is 2.46. The number of likely N-dealkylation sites (N-methyl/N-ethyl adjacent to an activating group) is 1. The molecule has 0 spiro atoms. The molecule has 37 heavy (non-hydrogen) atoms. The number of thiazole rings is 1. The molecule has 1 aromatic heterocycles. The largest absolute Gasteiger partial charge is 0.351 e. The van der Waals surface area contributed by atoms with Gasteiger partial charge in [0.05, 0.1) is 21.6 Å². The highest BCUT2D eigenvalue weighted by Gasteiger charge is 2.35. The minimum atomic E-state index is 0. The fourth-order valence-corrected chi connectivity index (χ4v) is 5.86. The van der Waals surface area contributed by atoms with Crippen LogP contribution in [0, 0.1) is 0 Å². The first-order valence-electron chi connectivity index (χ1n) is 12.3. The SMILES string of the molecule is CCN1c2cc(-c3nc4ccccc4s3)ccc2N(c2ccccc2)C1/C=C/N(C)c1ccccc1.I. The fraction of sp³-hybridized carbons (Fsp3) is 0.129. The summed E-state index contributed by atoms with van der Waals surface area (Å²) in [5.41, 5.74) is 7.00. The van der Waals surface area contributed by atoms with E-state index in [4.69, 9.17) is 4.98 Å². The first-order valence-corrected chi connectivity index (χ1v) is 13.1. The zero-order valence-corrected chi connectivity index (χ0v) is 24.0. The molecule has 4 aromatic carbocycles. The molecule has 0 N–H and O–H groups in total. The van der Waals surface area contributed by atoms with Crippen LogP contribution in [0.15, 0.2) is 115 Å². The van der Waals surface area contributed by atoms with E-state index in [1.165, 1.54) is 21.8 Å². The molecule has 6 heteroatoms. The number of hydrogen-bond acceptors (Lipinski definition) is 5. The highest BCUT2D eigenvalue weighted by atomic mass is 127. The molecule has 4 nitrogen and oxygen atoms in total. The van der Waals surface area contributed by atoms with Crippen LogP contribution in [0.3, 0.4) is 0 Å². The molecule has 6 rings (SSSR count). The normalized spacial score (nSPS) is 14.7. The van der Waals surface area contributed by atoms with Crippen LogP contribution in [0.2, 0.25) is 0 Å². The second-order valence-corrected chi connectivity index (χ2v) is 9.91. The first kappa shape index (κ1) is 25.3. The van der Waals surface area contributed by atoms with Crippen LogP contribution in [0.1, 0.15) is 6.92 Å². The number of hydrogen-bond donors (Lipinski definition) is 0. The number of halogens is 1. The Morgan fingerprint density at radius 2 is 1.57 bits per heavy atom. The summed E-state index contributed by atoms with van der Waals surface area (Å²) in [6, 6.07) is 36.2. The van der Waals surface area contributed by atoms with Gasteiger partial charge in [-0.15, -0.1) is 35.3 Å². The molecule has 0 saturated heterocycles. The van der Waals surface area contributed by atoms with Crippen molar-refractivity contribution in [3.63, 3.8) is 0 Å². The Bertz CT molecular complexity index is 1480. The Balaban J connectivity index is 0.00000280. The van der Waals surface area contributed by atoms with Gasteiger partial charge in [0, 0.05) is 36.7 Å². The molecule has 0 aliphatic carbocycles. The van der Waals surface area contributed by atoms with Crippen molar-refractivity contribution in [1.29, 1.82) is 0 Å². The average molecular weight is 617 g/mol. The molecule has 1 unspecified atom stereocenters. The van der Waals surface area contributed by atoms with Crippen molar-refractivity contribution < 1.29 is 0 Å². The van der Waals surface area contributed by atoms with Crippen LogP contribution in [0.5, 0.6) is 0 Å². The molecule has 0 fully saturated rings. The third kappa shape index (κ3) is 4.83. The summed E-state index contributed by atoms with van der Waals surface area (Å²) in [6.07, 6.45) is 4.53. The zero-order chi connectivity index (χ0) is 24.5. The van der Waals surface area contributed by atoms with E-state index in [9.17, 15) is 0 Å². The highest BCUT2D eigenvalue weighted by molar-refractivity contribution is 14.0. The lowest BCUT2D eigenvalue weighted by Crippen LogP contribution is -2.39. The van der Waals surface area contributed by atoms with E-state index in [1.807, 2.05) is 6.07 Å². The molecule has 1 aliphatic rings. The topological polar surface area (TPSA) is 22.6 Å². The molecule has 5 aromatic rings. The summed E-state index contributed by atoms with van der Waals surface area (Å²) < 4.78 is 1.22. The maximum absolute atomic E-state index is 4.91. The second kappa shape index (κ2) is 10.9. The van der Waals surface area contributed by atoms with E-state index in [0.29, 0.717) is 0 Å². The lowest BCUT2D eigenvalue weighted by molar-refractivity contribution is 0.746. The van der Waals surface area contributed by atoms with Crippen molar-refractivity contribution in [3.05, 3.63) is 115 Å². The Hall–Kier alpha value is -3.36. The molecular weight excluding hydrogens is 587 g/mol. The number of para-hydroxylation sites is 3. The molecule has 2 heterocycles. The van der Waals surface area contributed by atoms with Gasteiger partial charge in [-0.2, -0.15) is 0 Å². The van der Waals surface area contributed by atoms with E-state index >= 15 is 0 Å². The molecule has 1 aliphatic heterocycles. The number of benzene rings is 4. The van der Waals surface area contributed by atoms with Crippen LogP contribution < -0.4 is 14.7 Å². The summed E-state index contributed by atoms with van der Waals surface area (Å²) in [6.45, 7) is 3.12. The number of rotatable bonds is 6. The van der Waals surface area contributed by atoms with Crippen LogP contribution in [-0.2, 0) is 0 Å². The van der Waals surface area contributed by atoms with Gasteiger partial charge in [-0.3, -0.25) is 0 Å². The summed E-state index contributed by atoms with van der Waals surface area (Å²) in [4.78, 5) is 12.0. The number of nitrogens with zero attached hydrogens (tertiary/aromatic N) is 4. The monoisotopic (exact) mass is 616 g/mol. The zero-order valence-electron chi connectivity index (χ0n) is 20.9. The van der Waals surface area contributed by atoms with Gasteiger partial charge in [0.15, 0.2) is 0 Å². The second-order valence-electron chi connectivity index (χ2n) is 8.88. The Morgan fingerprint density at radius 3 is 2.30 bits per heavy atom. The quantitative estimate of drug-likeness (QED) is 0.178. The van der Waals surface area contributed by atoms with Gasteiger partial charge in [0.1, 0.15) is 11.2 Å². The summed E-state index contributed by atoms with van der Waals surface area (Å²) in [7, 11) is 2.10. The van der Waals surface area contributed by atoms with Crippen LogP contribution in [0.25, 0.3) is 20.8 Å². The van der Waals surface area contributed by atoms with Gasteiger partial charge in [0.2, 0.25) is 0 Å². The summed E-state index contributed by atoms with van der Waals surface area (Å²) >= 11 is 1.75. The smallest absolute Gasteiger partial charge is 0.127 e. The van der Waals surface area contributed by atoms with Crippen LogP contribution >= 0.6 is 35.3 Å². The number of fused-ring (bicyclic) bond motifs is 2. The van der Waals surface area contributed by atoms with Gasteiger partial charge >= 0.3 is 0 Å². The van der Waals surface area contributed by atoms with Crippen molar-refractivity contribution in [2.45, 2.75) is 13.1 Å². The molecule has 0 amide bonds. The summed E-state index contributed by atoms with van der Waals surface area (Å²) in [5.74, 6) is 0. The lowest BCUT2D eigenvalue weighted by atomic mass is 10.1. The summed E-state index contributed by atoms with van der Waals surface area (Å²) in [5, 5.41) is 1.06. The minimum absolute atomic E-state index is 0. The standard InChI is InChI=1S/C31H28N4S.HI/c1-3-34-28-22-23(31-32-26-16-10-11-17-29(26)36-31)18-19-27(28)35(25-14-8-5-9-15-25)30(34)20-21-33(2)24-12-6-4-7-13-24;/h4-22,30H,3H2,1-2H3;1H/b21-20+;. The fourth-order valence-electron chi connectivity index (χ4n) is 4.89. The van der Waals surface area contributed by atoms with Crippen LogP contribution in [-0.4, -0.2) is 24.7 Å². The van der Waals surface area contributed by atoms with Crippen molar-refractivity contribution in [2.24, 2.45) is 0 Å². The predicted octanol–water partition coefficient (Wildman–Crippen LogP) is 8.54. The third-order valence-corrected chi connectivity index (χ3v) is 7.77. The third-order valence-electron chi connectivity index (χ3n) is 6.69. The van der Waals surface area contributed by atoms with E-state index in [1.54, 1.807) is 11.3 Å². The van der Waals surface area contributed by atoms with Crippen molar-refractivity contribution >= 4 is 68.3 Å². The van der Waals surface area contributed by atoms with Crippen molar-refractivity contribution in [2.75, 3.05) is 28.3 Å². The Kier molecular flexibility index (Phi) is 7.48. The lowest BCUT2D eigenvalue weighted by Gasteiger charge is -2.31. The van der Waals surface area contributed by atoms with Gasteiger partial charge in [-0.1, -0.05) is 48.5 Å². The van der Waals surface area contributed by atoms with Crippen molar-refractivity contribution in [1.82, 2.24) is 4.98 Å². The minimum Gasteiger partial charge on any atom is -0.351 e. The molecule has 1 atom stereocenters. The van der Waals surface area contributed by atoms with E-state index in [-0.39, 0.29) is 30.1 Å². The van der Waals surface area contributed by atoms with E-state index < -0.39 is 0 Å². The van der Waals surface area contributed by atoms with E-state index in [0.717, 1.165) is 28.3 Å². The maximum atomic E-state index is 4.91. The first-order chi connectivity index (χ1) is 17.7. The Labute approximate surface area is 239 Å². The molecule has 0 bridgehead atoms. The molecular formula is C31H29IN4S. The van der Waals surface area contributed by atoms with Gasteiger partial charge in [-0.05, 0) is 67.6 Å². The van der Waals surface area contributed by atoms with Gasteiger partial charge < -0.3 is 14.7 Å². The number of aromatic nitrogens is 1. The molecule has 186 valence electrons. The molecule has 0 radical (unpaired) electrons.